The van der Waals surface area contributed by atoms with Crippen LogP contribution in [0.1, 0.15) is 19.5 Å². The largest absolute Gasteiger partial charge is 0.409 e. The zero-order chi connectivity index (χ0) is 9.84. The number of anilines is 1. The van der Waals surface area contributed by atoms with Crippen LogP contribution in [-0.2, 0) is 0 Å². The zero-order valence-corrected chi connectivity index (χ0v) is 8.30. The highest BCUT2D eigenvalue weighted by molar-refractivity contribution is 7.13. The van der Waals surface area contributed by atoms with Gasteiger partial charge in [-0.15, -0.1) is 11.3 Å². The highest BCUT2D eigenvalue weighted by Gasteiger charge is 2.05. The number of aromatic nitrogens is 1. The number of thiazole rings is 1. The molecule has 1 aromatic heterocycles. The molecule has 0 amide bonds. The van der Waals surface area contributed by atoms with Crippen molar-refractivity contribution < 1.29 is 5.21 Å². The molecular weight excluding hydrogens is 188 g/mol. The summed E-state index contributed by atoms with van der Waals surface area (Å²) >= 11 is 1.43. The van der Waals surface area contributed by atoms with Crippen molar-refractivity contribution in [2.45, 2.75) is 19.9 Å². The Kier molecular flexibility index (Phi) is 3.07. The monoisotopic (exact) mass is 200 g/mol. The Morgan fingerprint density at radius 2 is 2.46 bits per heavy atom. The molecule has 0 fully saturated rings. The molecule has 0 saturated carbocycles. The summed E-state index contributed by atoms with van der Waals surface area (Å²) < 4.78 is 0. The Bertz CT molecular complexity index is 307. The third-order valence-electron chi connectivity index (χ3n) is 1.29. The van der Waals surface area contributed by atoms with E-state index < -0.39 is 0 Å². The summed E-state index contributed by atoms with van der Waals surface area (Å²) in [6.07, 6.45) is 0. The van der Waals surface area contributed by atoms with Gasteiger partial charge < -0.3 is 16.3 Å². The lowest BCUT2D eigenvalue weighted by atomic mass is 10.4. The SMILES string of the molecule is CC(C)Nc1nc(/C(N)=N\O)cs1. The van der Waals surface area contributed by atoms with E-state index >= 15 is 0 Å². The number of hydrogen-bond donors (Lipinski definition) is 3. The number of rotatable bonds is 3. The van der Waals surface area contributed by atoms with Gasteiger partial charge in [0.25, 0.3) is 0 Å². The fourth-order valence-electron chi connectivity index (χ4n) is 0.756. The van der Waals surface area contributed by atoms with Crippen molar-refractivity contribution in [2.75, 3.05) is 5.32 Å². The van der Waals surface area contributed by atoms with Gasteiger partial charge in [0.15, 0.2) is 11.0 Å². The molecular formula is C7H12N4OS. The van der Waals surface area contributed by atoms with Crippen molar-refractivity contribution in [3.8, 4) is 0 Å². The summed E-state index contributed by atoms with van der Waals surface area (Å²) in [5.41, 5.74) is 5.85. The lowest BCUT2D eigenvalue weighted by Gasteiger charge is -2.04. The molecule has 0 atom stereocenters. The molecule has 1 rings (SSSR count). The Balaban J connectivity index is 2.75. The predicted molar refractivity (Wildman–Crippen MR) is 53.4 cm³/mol. The highest BCUT2D eigenvalue weighted by Crippen LogP contribution is 2.15. The summed E-state index contributed by atoms with van der Waals surface area (Å²) in [6.45, 7) is 4.04. The second kappa shape index (κ2) is 4.08. The van der Waals surface area contributed by atoms with Gasteiger partial charge in [0.2, 0.25) is 0 Å². The third-order valence-corrected chi connectivity index (χ3v) is 2.06. The third kappa shape index (κ3) is 2.59. The van der Waals surface area contributed by atoms with Gasteiger partial charge in [0.1, 0.15) is 5.69 Å². The van der Waals surface area contributed by atoms with E-state index in [-0.39, 0.29) is 5.84 Å². The van der Waals surface area contributed by atoms with Crippen molar-refractivity contribution in [1.29, 1.82) is 0 Å². The van der Waals surface area contributed by atoms with Gasteiger partial charge in [-0.1, -0.05) is 5.16 Å². The van der Waals surface area contributed by atoms with Crippen molar-refractivity contribution >= 4 is 22.3 Å². The average molecular weight is 200 g/mol. The van der Waals surface area contributed by atoms with E-state index in [0.29, 0.717) is 11.7 Å². The van der Waals surface area contributed by atoms with Crippen LogP contribution in [0.4, 0.5) is 5.13 Å². The molecule has 0 spiro atoms. The van der Waals surface area contributed by atoms with E-state index in [1.54, 1.807) is 5.38 Å². The first-order valence-electron chi connectivity index (χ1n) is 3.83. The van der Waals surface area contributed by atoms with Crippen LogP contribution in [0, 0.1) is 0 Å². The molecule has 0 unspecified atom stereocenters. The minimum absolute atomic E-state index is 0.0352. The molecule has 0 radical (unpaired) electrons. The van der Waals surface area contributed by atoms with Crippen LogP contribution in [0.15, 0.2) is 10.5 Å². The second-order valence-electron chi connectivity index (χ2n) is 2.82. The molecule has 4 N–H and O–H groups in total. The molecule has 0 aliphatic carbocycles. The maximum atomic E-state index is 8.39. The van der Waals surface area contributed by atoms with Crippen molar-refractivity contribution in [1.82, 2.24) is 4.98 Å². The molecule has 1 heterocycles. The fourth-order valence-corrected chi connectivity index (χ4v) is 1.61. The van der Waals surface area contributed by atoms with Gasteiger partial charge in [0, 0.05) is 11.4 Å². The predicted octanol–water partition coefficient (Wildman–Crippen LogP) is 1.06. The van der Waals surface area contributed by atoms with Gasteiger partial charge in [-0.05, 0) is 13.8 Å². The summed E-state index contributed by atoms with van der Waals surface area (Å²) in [5.74, 6) is 0.0352. The maximum absolute atomic E-state index is 8.39. The number of amidine groups is 1. The Morgan fingerprint density at radius 3 is 3.00 bits per heavy atom. The Hall–Kier alpha value is -1.30. The molecule has 0 aliphatic rings. The summed E-state index contributed by atoms with van der Waals surface area (Å²) in [7, 11) is 0. The van der Waals surface area contributed by atoms with Crippen LogP contribution in [-0.4, -0.2) is 22.1 Å². The number of nitrogens with two attached hydrogens (primary N) is 1. The van der Waals surface area contributed by atoms with E-state index in [0.717, 1.165) is 5.13 Å². The molecule has 1 aromatic rings. The van der Waals surface area contributed by atoms with E-state index in [1.807, 2.05) is 13.8 Å². The van der Waals surface area contributed by atoms with E-state index in [4.69, 9.17) is 10.9 Å². The molecule has 5 nitrogen and oxygen atoms in total. The molecule has 6 heteroatoms. The van der Waals surface area contributed by atoms with Crippen LogP contribution in [0.25, 0.3) is 0 Å². The second-order valence-corrected chi connectivity index (χ2v) is 3.68. The van der Waals surface area contributed by atoms with Gasteiger partial charge >= 0.3 is 0 Å². The minimum Gasteiger partial charge on any atom is -0.409 e. The molecule has 72 valence electrons. The zero-order valence-electron chi connectivity index (χ0n) is 7.48. The van der Waals surface area contributed by atoms with Crippen LogP contribution in [0.3, 0.4) is 0 Å². The van der Waals surface area contributed by atoms with Crippen molar-refractivity contribution in [3.63, 3.8) is 0 Å². The number of nitrogens with zero attached hydrogens (tertiary/aromatic N) is 2. The number of nitrogens with one attached hydrogen (secondary N) is 1. The topological polar surface area (TPSA) is 83.5 Å². The van der Waals surface area contributed by atoms with Gasteiger partial charge in [-0.2, -0.15) is 0 Å². The Labute approximate surface area is 80.3 Å². The van der Waals surface area contributed by atoms with Crippen molar-refractivity contribution in [3.05, 3.63) is 11.1 Å². The lowest BCUT2D eigenvalue weighted by molar-refractivity contribution is 0.318. The van der Waals surface area contributed by atoms with E-state index in [2.05, 4.69) is 15.5 Å². The van der Waals surface area contributed by atoms with E-state index in [1.165, 1.54) is 11.3 Å². The summed E-state index contributed by atoms with van der Waals surface area (Å²) in [4.78, 5) is 4.11. The molecule has 0 aliphatic heterocycles. The lowest BCUT2D eigenvalue weighted by Crippen LogP contribution is -2.14. The first-order valence-corrected chi connectivity index (χ1v) is 4.71. The summed E-state index contributed by atoms with van der Waals surface area (Å²) in [6, 6.07) is 0.325. The molecule has 0 bridgehead atoms. The first kappa shape index (κ1) is 9.79. The molecule has 0 aromatic carbocycles. The van der Waals surface area contributed by atoms with Crippen LogP contribution in [0.5, 0.6) is 0 Å². The van der Waals surface area contributed by atoms with Gasteiger partial charge in [-0.3, -0.25) is 0 Å². The van der Waals surface area contributed by atoms with Crippen LogP contribution in [0.2, 0.25) is 0 Å². The van der Waals surface area contributed by atoms with E-state index in [9.17, 15) is 0 Å². The summed E-state index contributed by atoms with van der Waals surface area (Å²) in [5, 5.41) is 16.9. The fraction of sp³-hybridized carbons (Fsp3) is 0.429. The Morgan fingerprint density at radius 1 is 1.77 bits per heavy atom. The van der Waals surface area contributed by atoms with Gasteiger partial charge in [-0.25, -0.2) is 4.98 Å². The number of oxime groups is 1. The van der Waals surface area contributed by atoms with Crippen LogP contribution < -0.4 is 11.1 Å². The highest BCUT2D eigenvalue weighted by atomic mass is 32.1. The first-order chi connectivity index (χ1) is 6.13. The van der Waals surface area contributed by atoms with Crippen molar-refractivity contribution in [2.24, 2.45) is 10.9 Å². The molecule has 0 saturated heterocycles. The number of hydrogen-bond acceptors (Lipinski definition) is 5. The quantitative estimate of drug-likeness (QED) is 0.295. The average Bonchev–Trinajstić information content (AvgIpc) is 2.50. The maximum Gasteiger partial charge on any atom is 0.189 e. The smallest absolute Gasteiger partial charge is 0.189 e. The van der Waals surface area contributed by atoms with Crippen LogP contribution >= 0.6 is 11.3 Å². The standard InChI is InChI=1S/C7H12N4OS/c1-4(2)9-7-10-5(3-13-7)6(8)11-12/h3-4,12H,1-2H3,(H2,8,11)(H,9,10). The minimum atomic E-state index is 0.0352. The van der Waals surface area contributed by atoms with Gasteiger partial charge in [0.05, 0.1) is 0 Å². The molecule has 13 heavy (non-hydrogen) atoms. The normalized spacial score (nSPS) is 12.1.